The van der Waals surface area contributed by atoms with Crippen molar-refractivity contribution in [2.45, 2.75) is 31.4 Å². The molecule has 1 fully saturated rings. The lowest BCUT2D eigenvalue weighted by atomic mass is 10.2. The molecule has 0 aromatic heterocycles. The van der Waals surface area contributed by atoms with E-state index in [1.54, 1.807) is 0 Å². The molecule has 1 rings (SSSR count). The summed E-state index contributed by atoms with van der Waals surface area (Å²) in [4.78, 5) is 0. The standard InChI is InChI=1S/C5H11NO/c6-4-2-1-3-5(4)7/h4-5,7H,1-3,6H2/t4-,5-/m0/s1/i1D,2D/t1?,2?,4-,5-. The summed E-state index contributed by atoms with van der Waals surface area (Å²) < 4.78 is 14.4. The minimum atomic E-state index is -0.630. The second kappa shape index (κ2) is 1.80. The highest BCUT2D eigenvalue weighted by Gasteiger charge is 2.20. The van der Waals surface area contributed by atoms with Crippen LogP contribution in [-0.4, -0.2) is 17.3 Å². The summed E-state index contributed by atoms with van der Waals surface area (Å²) in [5, 5.41) is 8.97. The fourth-order valence-electron chi connectivity index (χ4n) is 0.661. The van der Waals surface area contributed by atoms with E-state index in [0.717, 1.165) is 0 Å². The summed E-state index contributed by atoms with van der Waals surface area (Å²) in [6.07, 6.45) is -1.36. The van der Waals surface area contributed by atoms with Gasteiger partial charge in [0.1, 0.15) is 0 Å². The Bertz CT molecular complexity index is 99.1. The van der Waals surface area contributed by atoms with Crippen LogP contribution in [0.2, 0.25) is 0 Å². The van der Waals surface area contributed by atoms with Crippen LogP contribution in [0.3, 0.4) is 0 Å². The molecule has 1 aliphatic rings. The van der Waals surface area contributed by atoms with Gasteiger partial charge in [0, 0.05) is 8.78 Å². The maximum absolute atomic E-state index is 8.97. The molecule has 0 amide bonds. The minimum absolute atomic E-state index is 0.356. The summed E-state index contributed by atoms with van der Waals surface area (Å²) in [6, 6.07) is -0.507. The van der Waals surface area contributed by atoms with Gasteiger partial charge in [-0.3, -0.25) is 0 Å². The monoisotopic (exact) mass is 103 g/mol. The summed E-state index contributed by atoms with van der Waals surface area (Å²) in [5.41, 5.74) is 5.35. The van der Waals surface area contributed by atoms with Gasteiger partial charge in [-0.25, -0.2) is 0 Å². The third kappa shape index (κ3) is 0.924. The van der Waals surface area contributed by atoms with Crippen LogP contribution in [0.15, 0.2) is 0 Å². The average Bonchev–Trinajstić information content (AvgIpc) is 1.98. The summed E-state index contributed by atoms with van der Waals surface area (Å²) in [5.74, 6) is 0. The quantitative estimate of drug-likeness (QED) is 0.448. The van der Waals surface area contributed by atoms with Crippen LogP contribution in [0.25, 0.3) is 0 Å². The predicted octanol–water partition coefficient (Wildman–Crippen LogP) is -0.141. The summed E-state index contributed by atoms with van der Waals surface area (Å²) in [7, 11) is 0. The van der Waals surface area contributed by atoms with E-state index in [1.165, 1.54) is 0 Å². The molecule has 2 unspecified atom stereocenters. The molecule has 0 aliphatic heterocycles. The maximum Gasteiger partial charge on any atom is 0.0691 e. The first-order valence-corrected chi connectivity index (χ1v) is 2.41. The third-order valence-corrected chi connectivity index (χ3v) is 1.18. The molecule has 0 aromatic carbocycles. The van der Waals surface area contributed by atoms with Crippen molar-refractivity contribution in [2.75, 3.05) is 0 Å². The van der Waals surface area contributed by atoms with Crippen molar-refractivity contribution in [3.8, 4) is 0 Å². The Morgan fingerprint density at radius 3 is 2.71 bits per heavy atom. The molecule has 0 radical (unpaired) electrons. The first kappa shape index (κ1) is 3.05. The van der Waals surface area contributed by atoms with Gasteiger partial charge in [0.25, 0.3) is 0 Å². The van der Waals surface area contributed by atoms with Gasteiger partial charge in [-0.15, -0.1) is 0 Å². The van der Waals surface area contributed by atoms with Gasteiger partial charge in [0.05, 0.1) is 6.10 Å². The summed E-state index contributed by atoms with van der Waals surface area (Å²) >= 11 is 0. The van der Waals surface area contributed by atoms with Gasteiger partial charge in [0.15, 0.2) is 0 Å². The number of hydrogen-bond donors (Lipinski definition) is 2. The Hall–Kier alpha value is -0.0800. The van der Waals surface area contributed by atoms with Crippen LogP contribution >= 0.6 is 0 Å². The highest BCUT2D eigenvalue weighted by Crippen LogP contribution is 2.15. The topological polar surface area (TPSA) is 46.2 Å². The third-order valence-electron chi connectivity index (χ3n) is 1.18. The van der Waals surface area contributed by atoms with Gasteiger partial charge in [0.2, 0.25) is 0 Å². The Morgan fingerprint density at radius 1 is 1.86 bits per heavy atom. The Kier molecular flexibility index (Phi) is 0.784. The molecule has 2 heteroatoms. The fraction of sp³-hybridized carbons (Fsp3) is 1.00. The van der Waals surface area contributed by atoms with Crippen molar-refractivity contribution < 1.29 is 7.85 Å². The zero-order valence-electron chi connectivity index (χ0n) is 6.04. The Labute approximate surface area is 46.1 Å². The van der Waals surface area contributed by atoms with E-state index in [1.807, 2.05) is 0 Å². The zero-order valence-corrected chi connectivity index (χ0v) is 4.04. The molecule has 1 saturated carbocycles. The second-order valence-corrected chi connectivity index (χ2v) is 1.81. The lowest BCUT2D eigenvalue weighted by molar-refractivity contribution is 0.165. The second-order valence-electron chi connectivity index (χ2n) is 1.81. The van der Waals surface area contributed by atoms with Crippen LogP contribution < -0.4 is 5.73 Å². The molecular formula is C5H11NO. The first-order chi connectivity index (χ1) is 4.13. The molecule has 0 bridgehead atoms. The smallest absolute Gasteiger partial charge is 0.0691 e. The Morgan fingerprint density at radius 2 is 2.57 bits per heavy atom. The zero-order chi connectivity index (χ0) is 7.02. The SMILES string of the molecule is [2H]C1C[C@H](O)[C@@H](N)C1[2H]. The molecule has 0 heterocycles. The van der Waals surface area contributed by atoms with Crippen molar-refractivity contribution in [1.29, 1.82) is 0 Å². The molecule has 4 atom stereocenters. The molecular weight excluding hydrogens is 90.1 g/mol. The number of rotatable bonds is 0. The average molecular weight is 103 g/mol. The summed E-state index contributed by atoms with van der Waals surface area (Å²) in [6.45, 7) is 0. The van der Waals surface area contributed by atoms with Gasteiger partial charge in [-0.2, -0.15) is 0 Å². The van der Waals surface area contributed by atoms with Gasteiger partial charge >= 0.3 is 0 Å². The van der Waals surface area contributed by atoms with Crippen LogP contribution in [0.4, 0.5) is 0 Å². The van der Waals surface area contributed by atoms with Crippen molar-refractivity contribution in [1.82, 2.24) is 0 Å². The molecule has 3 N–H and O–H groups in total. The van der Waals surface area contributed by atoms with Gasteiger partial charge in [-0.05, 0) is 19.2 Å². The molecule has 1 aliphatic carbocycles. The van der Waals surface area contributed by atoms with E-state index in [2.05, 4.69) is 0 Å². The van der Waals surface area contributed by atoms with Crippen molar-refractivity contribution >= 4 is 0 Å². The van der Waals surface area contributed by atoms with Crippen LogP contribution in [0, 0.1) is 0 Å². The number of aliphatic hydroxyl groups is 1. The van der Waals surface area contributed by atoms with Crippen LogP contribution in [0.1, 0.15) is 22.0 Å². The van der Waals surface area contributed by atoms with E-state index in [0.29, 0.717) is 6.42 Å². The molecule has 0 aromatic rings. The van der Waals surface area contributed by atoms with E-state index in [-0.39, 0.29) is 0 Å². The van der Waals surface area contributed by atoms with Gasteiger partial charge in [-0.1, -0.05) is 0 Å². The lowest BCUT2D eigenvalue weighted by Crippen LogP contribution is -2.28. The van der Waals surface area contributed by atoms with Crippen molar-refractivity contribution in [3.63, 3.8) is 0 Å². The van der Waals surface area contributed by atoms with Crippen LogP contribution in [-0.2, 0) is 0 Å². The first-order valence-electron chi connectivity index (χ1n) is 3.56. The highest BCUT2D eigenvalue weighted by atomic mass is 16.3. The van der Waals surface area contributed by atoms with Gasteiger partial charge < -0.3 is 10.8 Å². The Balaban J connectivity index is 2.54. The maximum atomic E-state index is 8.97. The van der Waals surface area contributed by atoms with Crippen LogP contribution in [0.5, 0.6) is 0 Å². The minimum Gasteiger partial charge on any atom is -0.392 e. The number of nitrogens with two attached hydrogens (primary N) is 1. The molecule has 2 nitrogen and oxygen atoms in total. The molecule has 0 saturated heterocycles. The van der Waals surface area contributed by atoms with E-state index in [9.17, 15) is 0 Å². The fourth-order valence-corrected chi connectivity index (χ4v) is 0.661. The van der Waals surface area contributed by atoms with E-state index in [4.69, 9.17) is 13.6 Å². The van der Waals surface area contributed by atoms with E-state index >= 15 is 0 Å². The van der Waals surface area contributed by atoms with E-state index < -0.39 is 24.9 Å². The number of hydrogen-bond acceptors (Lipinski definition) is 2. The molecule has 7 heavy (non-hydrogen) atoms. The number of aliphatic hydroxyl groups excluding tert-OH is 1. The normalized spacial score (nSPS) is 67.1. The lowest BCUT2D eigenvalue weighted by Gasteiger charge is -2.04. The molecule has 0 spiro atoms. The predicted molar refractivity (Wildman–Crippen MR) is 27.8 cm³/mol. The van der Waals surface area contributed by atoms with Crippen molar-refractivity contribution in [2.24, 2.45) is 5.73 Å². The molecule has 42 valence electrons. The highest BCUT2D eigenvalue weighted by molar-refractivity contribution is 4.78. The largest absolute Gasteiger partial charge is 0.392 e. The van der Waals surface area contributed by atoms with Crippen molar-refractivity contribution in [3.05, 3.63) is 0 Å².